The van der Waals surface area contributed by atoms with Gasteiger partial charge in [-0.25, -0.2) is 0 Å². The molecule has 0 radical (unpaired) electrons. The SMILES string of the molecule is COc1ccc(C2CCC3(CNC3)C2)cc1Br. The van der Waals surface area contributed by atoms with Gasteiger partial charge in [-0.15, -0.1) is 0 Å². The molecule has 1 unspecified atom stereocenters. The smallest absolute Gasteiger partial charge is 0.133 e. The summed E-state index contributed by atoms with van der Waals surface area (Å²) in [5.74, 6) is 1.66. The average Bonchev–Trinajstić information content (AvgIpc) is 2.73. The highest BCUT2D eigenvalue weighted by molar-refractivity contribution is 9.10. The van der Waals surface area contributed by atoms with Crippen molar-refractivity contribution in [3.05, 3.63) is 28.2 Å². The molecule has 1 N–H and O–H groups in total. The highest BCUT2D eigenvalue weighted by atomic mass is 79.9. The van der Waals surface area contributed by atoms with Gasteiger partial charge in [-0.1, -0.05) is 6.07 Å². The summed E-state index contributed by atoms with van der Waals surface area (Å²) < 4.78 is 6.35. The number of halogens is 1. The maximum absolute atomic E-state index is 5.28. The predicted molar refractivity (Wildman–Crippen MR) is 72.6 cm³/mol. The van der Waals surface area contributed by atoms with E-state index in [1.54, 1.807) is 7.11 Å². The molecule has 0 amide bonds. The van der Waals surface area contributed by atoms with E-state index in [1.165, 1.54) is 37.9 Å². The maximum atomic E-state index is 5.28. The van der Waals surface area contributed by atoms with Crippen molar-refractivity contribution in [2.75, 3.05) is 20.2 Å². The average molecular weight is 296 g/mol. The number of nitrogens with one attached hydrogen (secondary N) is 1. The molecule has 2 aliphatic rings. The number of methoxy groups -OCH3 is 1. The summed E-state index contributed by atoms with van der Waals surface area (Å²) in [6.45, 7) is 2.45. The second-order valence-corrected chi connectivity index (χ2v) is 6.29. The second kappa shape index (κ2) is 4.29. The maximum Gasteiger partial charge on any atom is 0.133 e. The van der Waals surface area contributed by atoms with Crippen molar-refractivity contribution in [1.29, 1.82) is 0 Å². The summed E-state index contributed by atoms with van der Waals surface area (Å²) in [4.78, 5) is 0. The standard InChI is InChI=1S/C14H18BrNO/c1-17-13-3-2-10(6-12(13)15)11-4-5-14(7-11)8-16-9-14/h2-3,6,11,16H,4-5,7-9H2,1H3. The van der Waals surface area contributed by atoms with Gasteiger partial charge in [0.2, 0.25) is 0 Å². The lowest BCUT2D eigenvalue weighted by Gasteiger charge is -2.39. The number of benzene rings is 1. The Morgan fingerprint density at radius 1 is 1.41 bits per heavy atom. The zero-order valence-corrected chi connectivity index (χ0v) is 11.7. The van der Waals surface area contributed by atoms with Crippen molar-refractivity contribution in [2.24, 2.45) is 5.41 Å². The van der Waals surface area contributed by atoms with Crippen LogP contribution < -0.4 is 10.1 Å². The van der Waals surface area contributed by atoms with Crippen LogP contribution in [0.3, 0.4) is 0 Å². The number of ether oxygens (including phenoxy) is 1. The second-order valence-electron chi connectivity index (χ2n) is 5.44. The van der Waals surface area contributed by atoms with Gasteiger partial charge in [-0.05, 0) is 64.2 Å². The quantitative estimate of drug-likeness (QED) is 0.904. The Kier molecular flexibility index (Phi) is 2.91. The number of rotatable bonds is 2. The van der Waals surface area contributed by atoms with Crippen LogP contribution in [0, 0.1) is 5.41 Å². The molecule has 3 rings (SSSR count). The van der Waals surface area contributed by atoms with Crippen molar-refractivity contribution in [3.63, 3.8) is 0 Å². The molecule has 1 aliphatic carbocycles. The van der Waals surface area contributed by atoms with Crippen LogP contribution in [-0.4, -0.2) is 20.2 Å². The number of hydrogen-bond acceptors (Lipinski definition) is 2. The van der Waals surface area contributed by atoms with E-state index in [4.69, 9.17) is 4.74 Å². The minimum Gasteiger partial charge on any atom is -0.496 e. The van der Waals surface area contributed by atoms with E-state index < -0.39 is 0 Å². The molecule has 1 heterocycles. The zero-order chi connectivity index (χ0) is 11.9. The van der Waals surface area contributed by atoms with E-state index in [2.05, 4.69) is 39.4 Å². The first kappa shape index (κ1) is 11.5. The number of hydrogen-bond donors (Lipinski definition) is 1. The molecule has 2 fully saturated rings. The Labute approximate surface area is 111 Å². The first-order chi connectivity index (χ1) is 8.22. The van der Waals surface area contributed by atoms with Crippen LogP contribution in [0.4, 0.5) is 0 Å². The van der Waals surface area contributed by atoms with E-state index in [0.29, 0.717) is 5.41 Å². The fourth-order valence-corrected chi connectivity index (χ4v) is 3.79. The molecule has 1 spiro atoms. The molecule has 2 nitrogen and oxygen atoms in total. The molecular formula is C14H18BrNO. The summed E-state index contributed by atoms with van der Waals surface area (Å²) in [6, 6.07) is 6.53. The first-order valence-electron chi connectivity index (χ1n) is 6.27. The van der Waals surface area contributed by atoms with E-state index in [0.717, 1.165) is 16.1 Å². The zero-order valence-electron chi connectivity index (χ0n) is 10.1. The monoisotopic (exact) mass is 295 g/mol. The largest absolute Gasteiger partial charge is 0.496 e. The molecule has 92 valence electrons. The summed E-state index contributed by atoms with van der Waals surface area (Å²) in [7, 11) is 1.71. The van der Waals surface area contributed by atoms with E-state index in [1.807, 2.05) is 0 Å². The molecule has 3 heteroatoms. The lowest BCUT2D eigenvalue weighted by molar-refractivity contribution is 0.175. The van der Waals surface area contributed by atoms with Crippen molar-refractivity contribution in [1.82, 2.24) is 5.32 Å². The first-order valence-corrected chi connectivity index (χ1v) is 7.06. The molecular weight excluding hydrogens is 278 g/mol. The van der Waals surface area contributed by atoms with Crippen LogP contribution in [0.1, 0.15) is 30.7 Å². The van der Waals surface area contributed by atoms with Crippen molar-refractivity contribution in [2.45, 2.75) is 25.2 Å². The fourth-order valence-electron chi connectivity index (χ4n) is 3.23. The molecule has 1 aromatic carbocycles. The third-order valence-corrected chi connectivity index (χ3v) is 4.97. The van der Waals surface area contributed by atoms with Gasteiger partial charge in [0.15, 0.2) is 0 Å². The lowest BCUT2D eigenvalue weighted by atomic mass is 9.79. The molecule has 1 aromatic rings. The molecule has 0 bridgehead atoms. The van der Waals surface area contributed by atoms with Gasteiger partial charge in [-0.3, -0.25) is 0 Å². The van der Waals surface area contributed by atoms with Crippen LogP contribution in [-0.2, 0) is 0 Å². The Balaban J connectivity index is 1.78. The fraction of sp³-hybridized carbons (Fsp3) is 0.571. The highest BCUT2D eigenvalue weighted by Gasteiger charge is 2.43. The van der Waals surface area contributed by atoms with Gasteiger partial charge in [0.05, 0.1) is 11.6 Å². The Morgan fingerprint density at radius 2 is 2.24 bits per heavy atom. The topological polar surface area (TPSA) is 21.3 Å². The third kappa shape index (κ3) is 2.00. The van der Waals surface area contributed by atoms with Crippen molar-refractivity contribution < 1.29 is 4.74 Å². The molecule has 1 saturated heterocycles. The van der Waals surface area contributed by atoms with Gasteiger partial charge in [0.1, 0.15) is 5.75 Å². The van der Waals surface area contributed by atoms with Crippen LogP contribution in [0.15, 0.2) is 22.7 Å². The Bertz CT molecular complexity index is 428. The van der Waals surface area contributed by atoms with Crippen molar-refractivity contribution in [3.8, 4) is 5.75 Å². The van der Waals surface area contributed by atoms with E-state index in [-0.39, 0.29) is 0 Å². The van der Waals surface area contributed by atoms with Gasteiger partial charge in [-0.2, -0.15) is 0 Å². The minimum atomic E-state index is 0.622. The van der Waals surface area contributed by atoms with Crippen LogP contribution >= 0.6 is 15.9 Å². The Morgan fingerprint density at radius 3 is 2.76 bits per heavy atom. The van der Waals surface area contributed by atoms with Gasteiger partial charge in [0, 0.05) is 13.1 Å². The van der Waals surface area contributed by atoms with E-state index >= 15 is 0 Å². The highest BCUT2D eigenvalue weighted by Crippen LogP contribution is 2.49. The minimum absolute atomic E-state index is 0.622. The van der Waals surface area contributed by atoms with Gasteiger partial charge >= 0.3 is 0 Å². The van der Waals surface area contributed by atoms with Crippen molar-refractivity contribution >= 4 is 15.9 Å². The van der Waals surface area contributed by atoms with Crippen LogP contribution in [0.5, 0.6) is 5.75 Å². The molecule has 1 aliphatic heterocycles. The van der Waals surface area contributed by atoms with E-state index in [9.17, 15) is 0 Å². The van der Waals surface area contributed by atoms with Crippen LogP contribution in [0.2, 0.25) is 0 Å². The molecule has 0 aromatic heterocycles. The normalized spacial score (nSPS) is 25.9. The molecule has 1 atom stereocenters. The third-order valence-electron chi connectivity index (χ3n) is 4.35. The summed E-state index contributed by atoms with van der Waals surface area (Å²) in [5, 5.41) is 3.42. The Hall–Kier alpha value is -0.540. The summed E-state index contributed by atoms with van der Waals surface area (Å²) in [6.07, 6.45) is 4.06. The molecule has 1 saturated carbocycles. The van der Waals surface area contributed by atoms with Crippen LogP contribution in [0.25, 0.3) is 0 Å². The summed E-state index contributed by atoms with van der Waals surface area (Å²) in [5.41, 5.74) is 2.08. The predicted octanol–water partition coefficient (Wildman–Crippen LogP) is 3.31. The molecule has 17 heavy (non-hydrogen) atoms. The van der Waals surface area contributed by atoms with Gasteiger partial charge < -0.3 is 10.1 Å². The summed E-state index contributed by atoms with van der Waals surface area (Å²) >= 11 is 3.58. The lowest BCUT2D eigenvalue weighted by Crippen LogP contribution is -2.51. The van der Waals surface area contributed by atoms with Gasteiger partial charge in [0.25, 0.3) is 0 Å².